The summed E-state index contributed by atoms with van der Waals surface area (Å²) in [4.78, 5) is 21.7. The van der Waals surface area contributed by atoms with Crippen molar-refractivity contribution in [3.8, 4) is 0 Å². The second-order valence-electron chi connectivity index (χ2n) is 6.22. The van der Waals surface area contributed by atoms with E-state index >= 15 is 0 Å². The van der Waals surface area contributed by atoms with Crippen molar-refractivity contribution in [2.24, 2.45) is 5.16 Å². The molecule has 0 saturated carbocycles. The fraction of sp³-hybridized carbons (Fsp3) is 0.0455. The molecule has 138 valence electrons. The van der Waals surface area contributed by atoms with E-state index in [0.717, 1.165) is 20.8 Å². The van der Waals surface area contributed by atoms with Crippen LogP contribution in [0.1, 0.15) is 15.9 Å². The molecule has 4 aromatic rings. The molecule has 0 radical (unpaired) electrons. The van der Waals surface area contributed by atoms with Gasteiger partial charge < -0.3 is 9.40 Å². The van der Waals surface area contributed by atoms with Gasteiger partial charge in [0.25, 0.3) is 0 Å². The van der Waals surface area contributed by atoms with Gasteiger partial charge in [-0.05, 0) is 35.0 Å². The smallest absolute Gasteiger partial charge is 0.331 e. The molecule has 1 aromatic heterocycles. The molecule has 1 heterocycles. The molecule has 0 aliphatic rings. The average molecular weight is 434 g/mol. The Bertz CT molecular complexity index is 1150. The van der Waals surface area contributed by atoms with E-state index in [1.165, 1.54) is 0 Å². The molecule has 0 N–H and O–H groups in total. The van der Waals surface area contributed by atoms with Crippen molar-refractivity contribution in [1.29, 1.82) is 0 Å². The van der Waals surface area contributed by atoms with Gasteiger partial charge in [-0.25, -0.2) is 9.78 Å². The fourth-order valence-corrected chi connectivity index (χ4v) is 3.26. The minimum absolute atomic E-state index is 0.429. The number of hydrogen-bond acceptors (Lipinski definition) is 4. The summed E-state index contributed by atoms with van der Waals surface area (Å²) in [7, 11) is 0. The Kier molecular flexibility index (Phi) is 5.30. The molecule has 0 saturated heterocycles. The molecule has 28 heavy (non-hydrogen) atoms. The van der Waals surface area contributed by atoms with Crippen molar-refractivity contribution in [3.05, 3.63) is 101 Å². The number of carbonyl (C=O) groups is 1. The highest BCUT2D eigenvalue weighted by Gasteiger charge is 2.11. The van der Waals surface area contributed by atoms with Crippen molar-refractivity contribution in [2.75, 3.05) is 0 Å². The maximum Gasteiger partial charge on any atom is 0.365 e. The zero-order valence-corrected chi connectivity index (χ0v) is 16.4. The van der Waals surface area contributed by atoms with E-state index < -0.39 is 5.97 Å². The standard InChI is InChI=1S/C22H16BrN3O2/c23-20-7-3-6-19(13-20)22(27)28-25-21(14-26-11-10-24-15-26)18-9-8-16-4-1-2-5-17(16)12-18/h1-13,15H,14H2/b25-21-. The van der Waals surface area contributed by atoms with E-state index in [2.05, 4.69) is 32.1 Å². The number of hydrogen-bond donors (Lipinski definition) is 0. The number of nitrogens with zero attached hydrogens (tertiary/aromatic N) is 3. The Morgan fingerprint density at radius 3 is 2.64 bits per heavy atom. The zero-order chi connectivity index (χ0) is 19.3. The molecule has 0 amide bonds. The first kappa shape index (κ1) is 18.1. The van der Waals surface area contributed by atoms with E-state index in [4.69, 9.17) is 4.84 Å². The topological polar surface area (TPSA) is 56.5 Å². The van der Waals surface area contributed by atoms with Gasteiger partial charge in [-0.2, -0.15) is 0 Å². The molecule has 0 bridgehead atoms. The summed E-state index contributed by atoms with van der Waals surface area (Å²) in [5.74, 6) is -0.509. The van der Waals surface area contributed by atoms with Gasteiger partial charge in [0.15, 0.2) is 0 Å². The Morgan fingerprint density at radius 2 is 1.86 bits per heavy atom. The summed E-state index contributed by atoms with van der Waals surface area (Å²) in [6, 6.07) is 21.2. The number of oxime groups is 1. The highest BCUT2D eigenvalue weighted by atomic mass is 79.9. The molecule has 0 fully saturated rings. The maximum atomic E-state index is 12.4. The predicted molar refractivity (Wildman–Crippen MR) is 112 cm³/mol. The first-order valence-electron chi connectivity index (χ1n) is 8.68. The predicted octanol–water partition coefficient (Wildman–Crippen LogP) is 5.06. The van der Waals surface area contributed by atoms with Crippen LogP contribution in [-0.2, 0) is 11.4 Å². The van der Waals surface area contributed by atoms with Crippen LogP contribution in [0, 0.1) is 0 Å². The van der Waals surface area contributed by atoms with Gasteiger partial charge in [0.1, 0.15) is 5.71 Å². The third-order valence-corrected chi connectivity index (χ3v) is 4.77. The van der Waals surface area contributed by atoms with Crippen LogP contribution in [0.4, 0.5) is 0 Å². The van der Waals surface area contributed by atoms with Gasteiger partial charge in [-0.15, -0.1) is 0 Å². The van der Waals surface area contributed by atoms with Crippen LogP contribution in [0.15, 0.2) is 95.1 Å². The van der Waals surface area contributed by atoms with Gasteiger partial charge in [0, 0.05) is 22.4 Å². The van der Waals surface area contributed by atoms with Gasteiger partial charge in [0.05, 0.1) is 18.4 Å². The Morgan fingerprint density at radius 1 is 1.00 bits per heavy atom. The monoisotopic (exact) mass is 433 g/mol. The number of fused-ring (bicyclic) bond motifs is 1. The summed E-state index contributed by atoms with van der Waals surface area (Å²) < 4.78 is 2.68. The van der Waals surface area contributed by atoms with Gasteiger partial charge >= 0.3 is 5.97 Å². The summed E-state index contributed by atoms with van der Waals surface area (Å²) >= 11 is 3.36. The van der Waals surface area contributed by atoms with Gasteiger partial charge in [0.2, 0.25) is 0 Å². The lowest BCUT2D eigenvalue weighted by molar-refractivity contribution is 0.0515. The van der Waals surface area contributed by atoms with Crippen LogP contribution in [0.2, 0.25) is 0 Å². The van der Waals surface area contributed by atoms with Gasteiger partial charge in [-0.1, -0.05) is 63.6 Å². The van der Waals surface area contributed by atoms with E-state index in [1.54, 1.807) is 30.7 Å². The summed E-state index contributed by atoms with van der Waals surface area (Å²) in [6.07, 6.45) is 5.24. The lowest BCUT2D eigenvalue weighted by Crippen LogP contribution is -2.13. The third-order valence-electron chi connectivity index (χ3n) is 4.27. The Hall–Kier alpha value is -3.25. The van der Waals surface area contributed by atoms with E-state index in [0.29, 0.717) is 17.8 Å². The number of halogens is 1. The Labute approximate surface area is 170 Å². The van der Waals surface area contributed by atoms with Crippen LogP contribution < -0.4 is 0 Å². The molecule has 0 atom stereocenters. The molecule has 6 heteroatoms. The molecule has 0 aliphatic carbocycles. The second-order valence-corrected chi connectivity index (χ2v) is 7.14. The van der Waals surface area contributed by atoms with Crippen LogP contribution in [0.5, 0.6) is 0 Å². The highest BCUT2D eigenvalue weighted by molar-refractivity contribution is 9.10. The molecule has 3 aromatic carbocycles. The van der Waals surface area contributed by atoms with Crippen LogP contribution in [-0.4, -0.2) is 21.2 Å². The number of aromatic nitrogens is 2. The summed E-state index contributed by atoms with van der Waals surface area (Å²) in [5.41, 5.74) is 1.94. The molecular formula is C22H16BrN3O2. The maximum absolute atomic E-state index is 12.4. The van der Waals surface area contributed by atoms with E-state index in [-0.39, 0.29) is 0 Å². The second kappa shape index (κ2) is 8.19. The van der Waals surface area contributed by atoms with Gasteiger partial charge in [-0.3, -0.25) is 0 Å². The third kappa shape index (κ3) is 4.18. The summed E-state index contributed by atoms with van der Waals surface area (Å²) in [5, 5.41) is 6.42. The fourth-order valence-electron chi connectivity index (χ4n) is 2.86. The Balaban J connectivity index is 1.66. The van der Waals surface area contributed by atoms with Crippen molar-refractivity contribution in [2.45, 2.75) is 6.54 Å². The lowest BCUT2D eigenvalue weighted by atomic mass is 10.0. The highest BCUT2D eigenvalue weighted by Crippen LogP contribution is 2.18. The number of rotatable bonds is 5. The quantitative estimate of drug-likeness (QED) is 0.251. The number of benzene rings is 3. The minimum Gasteiger partial charge on any atom is -0.331 e. The van der Waals surface area contributed by atoms with Crippen LogP contribution in [0.3, 0.4) is 0 Å². The van der Waals surface area contributed by atoms with Crippen LogP contribution in [0.25, 0.3) is 10.8 Å². The molecule has 0 aliphatic heterocycles. The number of carbonyl (C=O) groups excluding carboxylic acids is 1. The molecule has 0 spiro atoms. The van der Waals surface area contributed by atoms with Crippen molar-refractivity contribution < 1.29 is 9.63 Å². The van der Waals surface area contributed by atoms with Crippen molar-refractivity contribution in [3.63, 3.8) is 0 Å². The molecule has 4 rings (SSSR count). The molecule has 0 unspecified atom stereocenters. The SMILES string of the molecule is O=C(O/N=C(/Cn1ccnc1)c1ccc2ccccc2c1)c1cccc(Br)c1. The zero-order valence-electron chi connectivity index (χ0n) is 14.8. The van der Waals surface area contributed by atoms with Crippen molar-refractivity contribution in [1.82, 2.24) is 9.55 Å². The first-order chi connectivity index (χ1) is 13.7. The van der Waals surface area contributed by atoms with Crippen molar-refractivity contribution >= 4 is 38.4 Å². The van der Waals surface area contributed by atoms with E-state index in [9.17, 15) is 4.79 Å². The minimum atomic E-state index is -0.509. The lowest BCUT2D eigenvalue weighted by Gasteiger charge is -2.09. The average Bonchev–Trinajstić information content (AvgIpc) is 3.23. The molecular weight excluding hydrogens is 418 g/mol. The largest absolute Gasteiger partial charge is 0.365 e. The van der Waals surface area contributed by atoms with E-state index in [1.807, 2.05) is 53.2 Å². The number of imidazole rings is 1. The molecule has 5 nitrogen and oxygen atoms in total. The normalized spacial score (nSPS) is 11.5. The first-order valence-corrected chi connectivity index (χ1v) is 9.47. The van der Waals surface area contributed by atoms with Crippen LogP contribution >= 0.6 is 15.9 Å². The summed E-state index contributed by atoms with van der Waals surface area (Å²) in [6.45, 7) is 0.435.